The molecule has 0 saturated carbocycles. The summed E-state index contributed by atoms with van der Waals surface area (Å²) in [5.41, 5.74) is 7.75. The Bertz CT molecular complexity index is 217. The molecule has 1 aromatic carbocycles. The van der Waals surface area contributed by atoms with E-state index in [0.717, 1.165) is 11.0 Å². The zero-order chi connectivity index (χ0) is 7.56. The molecule has 0 aromatic heterocycles. The maximum absolute atomic E-state index is 5.70. The molecule has 0 unspecified atom stereocenters. The molecule has 10 heavy (non-hydrogen) atoms. The van der Waals surface area contributed by atoms with Crippen molar-refractivity contribution in [2.24, 2.45) is 0 Å². The molecular formula is C7H7BrIN. The van der Waals surface area contributed by atoms with Crippen molar-refractivity contribution < 1.29 is 0 Å². The van der Waals surface area contributed by atoms with Crippen molar-refractivity contribution in [3.05, 3.63) is 27.3 Å². The standard InChI is InChI=1S/C7H7BrIN/c8-4-5-6(9)2-1-3-7(5)10/h1-3H,4,10H2. The van der Waals surface area contributed by atoms with Crippen LogP contribution in [0.15, 0.2) is 18.2 Å². The lowest BCUT2D eigenvalue weighted by Crippen LogP contribution is -1.93. The molecule has 0 saturated heterocycles. The number of alkyl halides is 1. The van der Waals surface area contributed by atoms with Gasteiger partial charge in [-0.05, 0) is 40.3 Å². The summed E-state index contributed by atoms with van der Waals surface area (Å²) in [7, 11) is 0. The number of anilines is 1. The van der Waals surface area contributed by atoms with Crippen LogP contribution in [0.3, 0.4) is 0 Å². The monoisotopic (exact) mass is 311 g/mol. The Hall–Kier alpha value is 0.230. The molecule has 54 valence electrons. The van der Waals surface area contributed by atoms with Crippen LogP contribution in [0.1, 0.15) is 5.56 Å². The number of hydrogen-bond acceptors (Lipinski definition) is 1. The maximum atomic E-state index is 5.70. The minimum Gasteiger partial charge on any atom is -0.398 e. The number of halogens is 2. The third kappa shape index (κ3) is 1.63. The SMILES string of the molecule is Nc1cccc(I)c1CBr. The molecular weight excluding hydrogens is 305 g/mol. The number of rotatable bonds is 1. The molecule has 0 fully saturated rings. The molecule has 2 N–H and O–H groups in total. The maximum Gasteiger partial charge on any atom is 0.0365 e. The molecule has 0 radical (unpaired) electrons. The van der Waals surface area contributed by atoms with Crippen LogP contribution in [-0.4, -0.2) is 0 Å². The lowest BCUT2D eigenvalue weighted by molar-refractivity contribution is 1.40. The Kier molecular flexibility index (Phi) is 2.97. The van der Waals surface area contributed by atoms with Gasteiger partial charge in [0.1, 0.15) is 0 Å². The number of hydrogen-bond donors (Lipinski definition) is 1. The summed E-state index contributed by atoms with van der Waals surface area (Å²) in [5, 5.41) is 0.831. The fourth-order valence-electron chi connectivity index (χ4n) is 0.716. The van der Waals surface area contributed by atoms with Crippen molar-refractivity contribution >= 4 is 44.2 Å². The Morgan fingerprint density at radius 2 is 2.20 bits per heavy atom. The highest BCUT2D eigenvalue weighted by molar-refractivity contribution is 14.1. The molecule has 3 heteroatoms. The Morgan fingerprint density at radius 3 is 2.60 bits per heavy atom. The third-order valence-electron chi connectivity index (χ3n) is 1.29. The Morgan fingerprint density at radius 1 is 1.50 bits per heavy atom. The van der Waals surface area contributed by atoms with Crippen LogP contribution in [0.4, 0.5) is 5.69 Å². The van der Waals surface area contributed by atoms with Gasteiger partial charge in [0.05, 0.1) is 0 Å². The van der Waals surface area contributed by atoms with Crippen molar-refractivity contribution in [1.82, 2.24) is 0 Å². The van der Waals surface area contributed by atoms with Crippen LogP contribution >= 0.6 is 38.5 Å². The molecule has 1 aromatic rings. The van der Waals surface area contributed by atoms with E-state index in [2.05, 4.69) is 38.5 Å². The van der Waals surface area contributed by atoms with E-state index >= 15 is 0 Å². The minimum absolute atomic E-state index is 0.831. The van der Waals surface area contributed by atoms with E-state index in [1.165, 1.54) is 9.13 Å². The summed E-state index contributed by atoms with van der Waals surface area (Å²) in [6.07, 6.45) is 0. The lowest BCUT2D eigenvalue weighted by Gasteiger charge is -2.02. The average Bonchev–Trinajstić information content (AvgIpc) is 1.88. The van der Waals surface area contributed by atoms with Gasteiger partial charge in [0, 0.05) is 14.6 Å². The van der Waals surface area contributed by atoms with E-state index in [1.54, 1.807) is 0 Å². The molecule has 0 bridgehead atoms. The van der Waals surface area contributed by atoms with E-state index in [4.69, 9.17) is 5.73 Å². The molecule has 1 nitrogen and oxygen atoms in total. The van der Waals surface area contributed by atoms with Crippen molar-refractivity contribution in [3.63, 3.8) is 0 Å². The van der Waals surface area contributed by atoms with Crippen molar-refractivity contribution in [2.75, 3.05) is 5.73 Å². The molecule has 0 atom stereocenters. The molecule has 0 aliphatic rings. The predicted octanol–water partition coefficient (Wildman–Crippen LogP) is 2.77. The summed E-state index contributed by atoms with van der Waals surface area (Å²) < 4.78 is 1.22. The van der Waals surface area contributed by atoms with Gasteiger partial charge in [0.25, 0.3) is 0 Å². The van der Waals surface area contributed by atoms with Crippen molar-refractivity contribution in [2.45, 2.75) is 5.33 Å². The normalized spacial score (nSPS) is 9.80. The van der Waals surface area contributed by atoms with Gasteiger partial charge in [-0.25, -0.2) is 0 Å². The molecule has 0 aliphatic heterocycles. The van der Waals surface area contributed by atoms with Crippen LogP contribution in [-0.2, 0) is 5.33 Å². The Balaban J connectivity index is 3.17. The first-order valence-corrected chi connectivity index (χ1v) is 5.04. The van der Waals surface area contributed by atoms with E-state index in [-0.39, 0.29) is 0 Å². The van der Waals surface area contributed by atoms with E-state index in [1.807, 2.05) is 18.2 Å². The molecule has 0 aliphatic carbocycles. The summed E-state index contributed by atoms with van der Waals surface area (Å²) in [4.78, 5) is 0. The highest BCUT2D eigenvalue weighted by Crippen LogP contribution is 2.20. The molecule has 0 spiro atoms. The molecule has 0 heterocycles. The van der Waals surface area contributed by atoms with Gasteiger partial charge in [-0.2, -0.15) is 0 Å². The van der Waals surface area contributed by atoms with Crippen LogP contribution < -0.4 is 5.73 Å². The second kappa shape index (κ2) is 3.57. The largest absolute Gasteiger partial charge is 0.398 e. The fourth-order valence-corrected chi connectivity index (χ4v) is 2.58. The van der Waals surface area contributed by atoms with Gasteiger partial charge in [-0.3, -0.25) is 0 Å². The van der Waals surface area contributed by atoms with Crippen molar-refractivity contribution in [1.29, 1.82) is 0 Å². The number of nitrogens with two attached hydrogens (primary N) is 1. The first-order chi connectivity index (χ1) is 4.75. The zero-order valence-corrected chi connectivity index (χ0v) is 9.02. The molecule has 1 rings (SSSR count). The summed E-state index contributed by atoms with van der Waals surface area (Å²) in [6.45, 7) is 0. The summed E-state index contributed by atoms with van der Waals surface area (Å²) in [6, 6.07) is 5.93. The van der Waals surface area contributed by atoms with Crippen molar-refractivity contribution in [3.8, 4) is 0 Å². The van der Waals surface area contributed by atoms with Gasteiger partial charge in [0.2, 0.25) is 0 Å². The smallest absolute Gasteiger partial charge is 0.0365 e. The van der Waals surface area contributed by atoms with E-state index in [9.17, 15) is 0 Å². The number of nitrogen functional groups attached to an aromatic ring is 1. The predicted molar refractivity (Wildman–Crippen MR) is 56.2 cm³/mol. The fraction of sp³-hybridized carbons (Fsp3) is 0.143. The molecule has 0 amide bonds. The first-order valence-electron chi connectivity index (χ1n) is 2.84. The lowest BCUT2D eigenvalue weighted by atomic mass is 10.2. The quantitative estimate of drug-likeness (QED) is 0.482. The second-order valence-corrected chi connectivity index (χ2v) is 3.66. The minimum atomic E-state index is 0.831. The highest BCUT2D eigenvalue weighted by Gasteiger charge is 1.99. The van der Waals surface area contributed by atoms with Crippen LogP contribution in [0, 0.1) is 3.57 Å². The summed E-state index contributed by atoms with van der Waals surface area (Å²) in [5.74, 6) is 0. The van der Waals surface area contributed by atoms with Crippen LogP contribution in [0.2, 0.25) is 0 Å². The zero-order valence-electron chi connectivity index (χ0n) is 5.27. The van der Waals surface area contributed by atoms with Crippen LogP contribution in [0.5, 0.6) is 0 Å². The van der Waals surface area contributed by atoms with E-state index in [0.29, 0.717) is 0 Å². The van der Waals surface area contributed by atoms with E-state index < -0.39 is 0 Å². The Labute approximate surface area is 82.3 Å². The van der Waals surface area contributed by atoms with Crippen LogP contribution in [0.25, 0.3) is 0 Å². The average molecular weight is 312 g/mol. The summed E-state index contributed by atoms with van der Waals surface area (Å²) >= 11 is 5.65. The van der Waals surface area contributed by atoms with Gasteiger partial charge < -0.3 is 5.73 Å². The van der Waals surface area contributed by atoms with Gasteiger partial charge in [-0.1, -0.05) is 22.0 Å². The van der Waals surface area contributed by atoms with Gasteiger partial charge in [0.15, 0.2) is 0 Å². The topological polar surface area (TPSA) is 26.0 Å². The highest BCUT2D eigenvalue weighted by atomic mass is 127. The second-order valence-electron chi connectivity index (χ2n) is 1.94. The first kappa shape index (κ1) is 8.33. The van der Waals surface area contributed by atoms with Gasteiger partial charge in [-0.15, -0.1) is 0 Å². The van der Waals surface area contributed by atoms with Gasteiger partial charge >= 0.3 is 0 Å². The third-order valence-corrected chi connectivity index (χ3v) is 2.86. The number of benzene rings is 1.